The largest absolute Gasteiger partial charge is 0.356 e. The van der Waals surface area contributed by atoms with E-state index in [0.29, 0.717) is 0 Å². The van der Waals surface area contributed by atoms with Gasteiger partial charge < -0.3 is 9.88 Å². The van der Waals surface area contributed by atoms with Gasteiger partial charge in [0.05, 0.1) is 0 Å². The van der Waals surface area contributed by atoms with Crippen molar-refractivity contribution < 1.29 is 4.79 Å². The van der Waals surface area contributed by atoms with Gasteiger partial charge >= 0.3 is 0 Å². The van der Waals surface area contributed by atoms with Gasteiger partial charge in [-0.15, -0.1) is 0 Å². The summed E-state index contributed by atoms with van der Waals surface area (Å²) >= 11 is 0. The highest BCUT2D eigenvalue weighted by atomic mass is 16.2. The van der Waals surface area contributed by atoms with Gasteiger partial charge in [-0.05, 0) is 38.7 Å². The smallest absolute Gasteiger partial charge is 0.250 e. The number of nitrogens with zero attached hydrogens (tertiary/aromatic N) is 1. The standard InChI is InChI=1S/C14H20N2O2/c1-11-5-4-6-13(17)16(11)10-3-2-9-15-14(18)12-7-8-12/h4-6,12H,2-3,7-10H2,1H3,(H,15,18). The van der Waals surface area contributed by atoms with E-state index < -0.39 is 0 Å². The lowest BCUT2D eigenvalue weighted by Gasteiger charge is -2.09. The van der Waals surface area contributed by atoms with Gasteiger partial charge in [0.1, 0.15) is 0 Å². The fourth-order valence-electron chi connectivity index (χ4n) is 2.01. The molecule has 1 fully saturated rings. The summed E-state index contributed by atoms with van der Waals surface area (Å²) in [7, 11) is 0. The molecule has 0 aliphatic heterocycles. The number of pyridine rings is 1. The molecule has 0 saturated heterocycles. The van der Waals surface area contributed by atoms with Crippen molar-refractivity contribution in [2.45, 2.75) is 39.2 Å². The maximum atomic E-state index is 11.6. The van der Waals surface area contributed by atoms with Crippen LogP contribution >= 0.6 is 0 Å². The minimum absolute atomic E-state index is 0.0528. The Kier molecular flexibility index (Phi) is 4.18. The topological polar surface area (TPSA) is 51.1 Å². The van der Waals surface area contributed by atoms with E-state index in [0.717, 1.165) is 44.5 Å². The summed E-state index contributed by atoms with van der Waals surface area (Å²) < 4.78 is 1.78. The van der Waals surface area contributed by atoms with Gasteiger partial charge in [-0.2, -0.15) is 0 Å². The summed E-state index contributed by atoms with van der Waals surface area (Å²) in [4.78, 5) is 23.0. The predicted octanol–water partition coefficient (Wildman–Crippen LogP) is 1.46. The molecular weight excluding hydrogens is 228 g/mol. The first-order valence-corrected chi connectivity index (χ1v) is 6.62. The summed E-state index contributed by atoms with van der Waals surface area (Å²) in [5.41, 5.74) is 1.04. The third-order valence-electron chi connectivity index (χ3n) is 3.32. The lowest BCUT2D eigenvalue weighted by molar-refractivity contribution is -0.122. The second kappa shape index (κ2) is 5.85. The first-order valence-electron chi connectivity index (χ1n) is 6.62. The molecule has 1 aliphatic rings. The van der Waals surface area contributed by atoms with Gasteiger partial charge in [-0.25, -0.2) is 0 Å². The van der Waals surface area contributed by atoms with Gasteiger partial charge in [0, 0.05) is 30.8 Å². The number of amides is 1. The number of rotatable bonds is 6. The Morgan fingerprint density at radius 3 is 2.83 bits per heavy atom. The average Bonchev–Trinajstić information content (AvgIpc) is 3.15. The molecule has 0 atom stereocenters. The van der Waals surface area contributed by atoms with Crippen LogP contribution in [0.25, 0.3) is 0 Å². The van der Waals surface area contributed by atoms with Crippen molar-refractivity contribution in [2.24, 2.45) is 5.92 Å². The van der Waals surface area contributed by atoms with Gasteiger partial charge in [0.25, 0.3) is 5.56 Å². The molecule has 0 bridgehead atoms. The van der Waals surface area contributed by atoms with Crippen LogP contribution in [0, 0.1) is 12.8 Å². The van der Waals surface area contributed by atoms with Gasteiger partial charge in [-0.1, -0.05) is 6.07 Å². The summed E-state index contributed by atoms with van der Waals surface area (Å²) in [6.07, 6.45) is 3.92. The molecule has 1 aromatic heterocycles. The predicted molar refractivity (Wildman–Crippen MR) is 70.4 cm³/mol. The average molecular weight is 248 g/mol. The lowest BCUT2D eigenvalue weighted by atomic mass is 10.2. The van der Waals surface area contributed by atoms with E-state index in [1.165, 1.54) is 0 Å². The lowest BCUT2D eigenvalue weighted by Crippen LogP contribution is -2.26. The van der Waals surface area contributed by atoms with Crippen LogP contribution in [0.4, 0.5) is 0 Å². The highest BCUT2D eigenvalue weighted by Gasteiger charge is 2.28. The number of carbonyl (C=O) groups excluding carboxylic acids is 1. The van der Waals surface area contributed by atoms with E-state index in [1.807, 2.05) is 13.0 Å². The maximum Gasteiger partial charge on any atom is 0.250 e. The molecule has 1 heterocycles. The van der Waals surface area contributed by atoms with Crippen molar-refractivity contribution in [2.75, 3.05) is 6.54 Å². The van der Waals surface area contributed by atoms with E-state index in [1.54, 1.807) is 16.7 Å². The Labute approximate surface area is 107 Å². The Morgan fingerprint density at radius 1 is 1.39 bits per heavy atom. The quantitative estimate of drug-likeness (QED) is 0.775. The molecule has 18 heavy (non-hydrogen) atoms. The molecule has 98 valence electrons. The molecule has 0 unspecified atom stereocenters. The summed E-state index contributed by atoms with van der Waals surface area (Å²) in [5, 5.41) is 2.93. The van der Waals surface area contributed by atoms with E-state index in [2.05, 4.69) is 5.32 Å². The molecular formula is C14H20N2O2. The summed E-state index contributed by atoms with van der Waals surface area (Å²) in [6, 6.07) is 5.31. The third-order valence-corrected chi connectivity index (χ3v) is 3.32. The Bertz CT molecular complexity index is 475. The van der Waals surface area contributed by atoms with Crippen molar-refractivity contribution in [3.63, 3.8) is 0 Å². The van der Waals surface area contributed by atoms with Gasteiger partial charge in [-0.3, -0.25) is 9.59 Å². The number of carbonyl (C=O) groups is 1. The SMILES string of the molecule is Cc1cccc(=O)n1CCCCNC(=O)C1CC1. The van der Waals surface area contributed by atoms with Crippen LogP contribution in [0.15, 0.2) is 23.0 Å². The molecule has 1 aromatic rings. The maximum absolute atomic E-state index is 11.6. The fourth-order valence-corrected chi connectivity index (χ4v) is 2.01. The molecule has 1 N–H and O–H groups in total. The van der Waals surface area contributed by atoms with E-state index in [-0.39, 0.29) is 17.4 Å². The fraction of sp³-hybridized carbons (Fsp3) is 0.571. The second-order valence-corrected chi connectivity index (χ2v) is 4.93. The highest BCUT2D eigenvalue weighted by molar-refractivity contribution is 5.80. The van der Waals surface area contributed by atoms with Gasteiger partial charge in [0.2, 0.25) is 5.91 Å². The molecule has 1 amide bonds. The van der Waals surface area contributed by atoms with E-state index >= 15 is 0 Å². The van der Waals surface area contributed by atoms with Crippen LogP contribution in [0.5, 0.6) is 0 Å². The van der Waals surface area contributed by atoms with Crippen molar-refractivity contribution >= 4 is 5.91 Å². The third kappa shape index (κ3) is 3.45. The molecule has 4 nitrogen and oxygen atoms in total. The second-order valence-electron chi connectivity index (χ2n) is 4.93. The number of hydrogen-bond donors (Lipinski definition) is 1. The Balaban J connectivity index is 1.68. The zero-order valence-corrected chi connectivity index (χ0v) is 10.8. The highest BCUT2D eigenvalue weighted by Crippen LogP contribution is 2.28. The molecule has 1 saturated carbocycles. The van der Waals surface area contributed by atoms with Crippen LogP contribution in [0.3, 0.4) is 0 Å². The normalized spacial score (nSPS) is 14.5. The Morgan fingerprint density at radius 2 is 2.17 bits per heavy atom. The van der Waals surface area contributed by atoms with Crippen molar-refractivity contribution in [1.29, 1.82) is 0 Å². The van der Waals surface area contributed by atoms with Crippen LogP contribution in [0.1, 0.15) is 31.4 Å². The Hall–Kier alpha value is -1.58. The number of unbranched alkanes of at least 4 members (excludes halogenated alkanes) is 1. The van der Waals surface area contributed by atoms with E-state index in [9.17, 15) is 9.59 Å². The zero-order chi connectivity index (χ0) is 13.0. The first-order chi connectivity index (χ1) is 8.68. The molecule has 0 aromatic carbocycles. The zero-order valence-electron chi connectivity index (χ0n) is 10.8. The first kappa shape index (κ1) is 12.9. The number of nitrogens with one attached hydrogen (secondary N) is 1. The molecule has 4 heteroatoms. The van der Waals surface area contributed by atoms with E-state index in [4.69, 9.17) is 0 Å². The number of aryl methyl sites for hydroxylation is 1. The van der Waals surface area contributed by atoms with Crippen LogP contribution in [-0.2, 0) is 11.3 Å². The minimum Gasteiger partial charge on any atom is -0.356 e. The number of aromatic nitrogens is 1. The van der Waals surface area contributed by atoms with Crippen LogP contribution in [0.2, 0.25) is 0 Å². The monoisotopic (exact) mass is 248 g/mol. The van der Waals surface area contributed by atoms with Gasteiger partial charge in [0.15, 0.2) is 0 Å². The van der Waals surface area contributed by atoms with Crippen molar-refractivity contribution in [1.82, 2.24) is 9.88 Å². The molecule has 1 aliphatic carbocycles. The molecule has 2 rings (SSSR count). The van der Waals surface area contributed by atoms with Crippen LogP contribution in [-0.4, -0.2) is 17.0 Å². The van der Waals surface area contributed by atoms with Crippen molar-refractivity contribution in [3.05, 3.63) is 34.2 Å². The number of hydrogen-bond acceptors (Lipinski definition) is 2. The molecule has 0 spiro atoms. The summed E-state index contributed by atoms with van der Waals surface area (Å²) in [6.45, 7) is 3.39. The summed E-state index contributed by atoms with van der Waals surface area (Å²) in [5.74, 6) is 0.479. The minimum atomic E-state index is 0.0528. The van der Waals surface area contributed by atoms with Crippen molar-refractivity contribution in [3.8, 4) is 0 Å². The van der Waals surface area contributed by atoms with Crippen LogP contribution < -0.4 is 10.9 Å². The molecule has 0 radical (unpaired) electrons.